The van der Waals surface area contributed by atoms with Gasteiger partial charge in [0.25, 0.3) is 0 Å². The van der Waals surface area contributed by atoms with E-state index in [1.165, 1.54) is 7.11 Å². The fourth-order valence-corrected chi connectivity index (χ4v) is 4.42. The quantitative estimate of drug-likeness (QED) is 0.477. The number of benzene rings is 2. The number of aromatic nitrogens is 2. The highest BCUT2D eigenvalue weighted by Crippen LogP contribution is 2.26. The van der Waals surface area contributed by atoms with Gasteiger partial charge in [-0.25, -0.2) is 4.68 Å². The van der Waals surface area contributed by atoms with Crippen molar-refractivity contribution in [3.63, 3.8) is 0 Å². The first-order chi connectivity index (χ1) is 16.4. The lowest BCUT2D eigenvalue weighted by molar-refractivity contribution is -0.149. The molecule has 2 heterocycles. The molecule has 0 atom stereocenters. The Morgan fingerprint density at radius 2 is 1.76 bits per heavy atom. The van der Waals surface area contributed by atoms with Crippen LogP contribution in [0.4, 0.5) is 0 Å². The first-order valence-electron chi connectivity index (χ1n) is 11.4. The number of amides is 1. The Kier molecular flexibility index (Phi) is 7.65. The van der Waals surface area contributed by atoms with Crippen molar-refractivity contribution in [2.24, 2.45) is 5.92 Å². The highest BCUT2D eigenvalue weighted by Gasteiger charge is 2.28. The molecular formula is C26H29ClN4O3. The fourth-order valence-electron chi connectivity index (χ4n) is 4.30. The minimum absolute atomic E-state index is 0.0642. The third-order valence-corrected chi connectivity index (χ3v) is 6.41. The fraction of sp³-hybridized carbons (Fsp3) is 0.346. The van der Waals surface area contributed by atoms with Gasteiger partial charge >= 0.3 is 5.97 Å². The number of carbonyl (C=O) groups excluding carboxylic acids is 2. The number of likely N-dealkylation sites (N-methyl/N-ethyl adjacent to an activating group) is 1. The summed E-state index contributed by atoms with van der Waals surface area (Å²) in [5.74, 6) is -0.235. The SMILES string of the molecule is COC(=O)C1CCN(C(=O)CN(C)Cc2cn(-c3ccccc3)nc2-c2ccc(Cl)cc2)CC1. The molecule has 0 aliphatic carbocycles. The molecule has 7 nitrogen and oxygen atoms in total. The van der Waals surface area contributed by atoms with E-state index in [2.05, 4.69) is 0 Å². The minimum atomic E-state index is -0.186. The van der Waals surface area contributed by atoms with Gasteiger partial charge in [0.15, 0.2) is 0 Å². The van der Waals surface area contributed by atoms with Crippen LogP contribution in [0.15, 0.2) is 60.8 Å². The van der Waals surface area contributed by atoms with Gasteiger partial charge in [-0.1, -0.05) is 41.9 Å². The Morgan fingerprint density at radius 3 is 2.41 bits per heavy atom. The summed E-state index contributed by atoms with van der Waals surface area (Å²) >= 11 is 6.09. The number of halogens is 1. The van der Waals surface area contributed by atoms with E-state index < -0.39 is 0 Å². The Balaban J connectivity index is 1.47. The maximum atomic E-state index is 12.9. The van der Waals surface area contributed by atoms with Crippen molar-refractivity contribution in [1.29, 1.82) is 0 Å². The molecule has 2 aromatic carbocycles. The van der Waals surface area contributed by atoms with E-state index in [-0.39, 0.29) is 17.8 Å². The van der Waals surface area contributed by atoms with Gasteiger partial charge in [0.2, 0.25) is 5.91 Å². The van der Waals surface area contributed by atoms with Gasteiger partial charge < -0.3 is 9.64 Å². The molecule has 1 aliphatic heterocycles. The summed E-state index contributed by atoms with van der Waals surface area (Å²) in [6.45, 7) is 2.01. The van der Waals surface area contributed by atoms with Crippen LogP contribution in [-0.2, 0) is 20.9 Å². The molecule has 1 aliphatic rings. The molecule has 0 bridgehead atoms. The van der Waals surface area contributed by atoms with Crippen LogP contribution in [-0.4, -0.2) is 65.2 Å². The lowest BCUT2D eigenvalue weighted by Crippen LogP contribution is -2.44. The molecule has 1 fully saturated rings. The van der Waals surface area contributed by atoms with Gasteiger partial charge in [-0.2, -0.15) is 5.10 Å². The molecule has 34 heavy (non-hydrogen) atoms. The summed E-state index contributed by atoms with van der Waals surface area (Å²) in [7, 11) is 3.34. The number of ether oxygens (including phenoxy) is 1. The number of likely N-dealkylation sites (tertiary alicyclic amines) is 1. The topological polar surface area (TPSA) is 67.7 Å². The van der Waals surface area contributed by atoms with Crippen molar-refractivity contribution in [3.8, 4) is 16.9 Å². The molecule has 0 saturated carbocycles. The zero-order chi connectivity index (χ0) is 24.1. The lowest BCUT2D eigenvalue weighted by atomic mass is 9.97. The number of methoxy groups -OCH3 is 1. The van der Waals surface area contributed by atoms with Gasteiger partial charge in [0, 0.05) is 42.0 Å². The van der Waals surface area contributed by atoms with Crippen molar-refractivity contribution < 1.29 is 14.3 Å². The van der Waals surface area contributed by atoms with E-state index in [4.69, 9.17) is 21.4 Å². The van der Waals surface area contributed by atoms with Crippen molar-refractivity contribution in [2.75, 3.05) is 33.8 Å². The number of hydrogen-bond acceptors (Lipinski definition) is 5. The number of nitrogens with zero attached hydrogens (tertiary/aromatic N) is 4. The molecule has 3 aromatic rings. The van der Waals surface area contributed by atoms with E-state index in [9.17, 15) is 9.59 Å². The predicted octanol–water partition coefficient (Wildman–Crippen LogP) is 4.04. The third-order valence-electron chi connectivity index (χ3n) is 6.16. The zero-order valence-corrected chi connectivity index (χ0v) is 20.2. The van der Waals surface area contributed by atoms with E-state index in [1.807, 2.05) is 82.3 Å². The van der Waals surface area contributed by atoms with Gasteiger partial charge in [-0.15, -0.1) is 0 Å². The first kappa shape index (κ1) is 24.0. The van der Waals surface area contributed by atoms with Gasteiger partial charge in [0.1, 0.15) is 0 Å². The Labute approximate surface area is 204 Å². The second-order valence-electron chi connectivity index (χ2n) is 8.64. The Morgan fingerprint density at radius 1 is 1.09 bits per heavy atom. The van der Waals surface area contributed by atoms with Crippen LogP contribution in [0.3, 0.4) is 0 Å². The van der Waals surface area contributed by atoms with Gasteiger partial charge in [-0.05, 0) is 44.2 Å². The Hall–Kier alpha value is -3.16. The van der Waals surface area contributed by atoms with Crippen molar-refractivity contribution >= 4 is 23.5 Å². The molecule has 0 radical (unpaired) electrons. The highest BCUT2D eigenvalue weighted by molar-refractivity contribution is 6.30. The van der Waals surface area contributed by atoms with Crippen LogP contribution in [0.2, 0.25) is 5.02 Å². The second-order valence-corrected chi connectivity index (χ2v) is 9.08. The molecule has 1 aromatic heterocycles. The zero-order valence-electron chi connectivity index (χ0n) is 19.5. The summed E-state index contributed by atoms with van der Waals surface area (Å²) in [5.41, 5.74) is 3.82. The smallest absolute Gasteiger partial charge is 0.308 e. The third kappa shape index (κ3) is 5.66. The number of piperidine rings is 1. The van der Waals surface area contributed by atoms with Crippen molar-refractivity contribution in [2.45, 2.75) is 19.4 Å². The number of carbonyl (C=O) groups is 2. The van der Waals surface area contributed by atoms with Gasteiger partial charge in [0.05, 0.1) is 31.0 Å². The Bertz CT molecular complexity index is 1120. The molecule has 178 valence electrons. The second kappa shape index (κ2) is 10.8. The maximum Gasteiger partial charge on any atom is 0.308 e. The van der Waals surface area contributed by atoms with Crippen LogP contribution in [0, 0.1) is 5.92 Å². The standard InChI is InChI=1S/C26H29ClN4O3/c1-29(18-24(32)30-14-12-20(13-15-30)26(33)34-2)16-21-17-31(23-6-4-3-5-7-23)28-25(21)19-8-10-22(27)11-9-19/h3-11,17,20H,12-16,18H2,1-2H3. The van der Waals surface area contributed by atoms with E-state index in [0.29, 0.717) is 44.0 Å². The molecule has 0 spiro atoms. The van der Waals surface area contributed by atoms with E-state index in [0.717, 1.165) is 22.5 Å². The predicted molar refractivity (Wildman–Crippen MR) is 132 cm³/mol. The average Bonchev–Trinajstić information content (AvgIpc) is 3.28. The maximum absolute atomic E-state index is 12.9. The van der Waals surface area contributed by atoms with Crippen LogP contribution in [0.1, 0.15) is 18.4 Å². The molecule has 1 saturated heterocycles. The number of rotatable bonds is 7. The molecule has 4 rings (SSSR count). The lowest BCUT2D eigenvalue weighted by Gasteiger charge is -2.32. The van der Waals surface area contributed by atoms with Crippen molar-refractivity contribution in [1.82, 2.24) is 19.6 Å². The van der Waals surface area contributed by atoms with Crippen LogP contribution in [0.5, 0.6) is 0 Å². The number of para-hydroxylation sites is 1. The van der Waals surface area contributed by atoms with E-state index >= 15 is 0 Å². The average molecular weight is 481 g/mol. The van der Waals surface area contributed by atoms with Crippen molar-refractivity contribution in [3.05, 3.63) is 71.4 Å². The van der Waals surface area contributed by atoms with Crippen LogP contribution < -0.4 is 0 Å². The molecule has 0 unspecified atom stereocenters. The highest BCUT2D eigenvalue weighted by atomic mass is 35.5. The van der Waals surface area contributed by atoms with E-state index in [1.54, 1.807) is 0 Å². The number of hydrogen-bond donors (Lipinski definition) is 0. The van der Waals surface area contributed by atoms with Crippen LogP contribution in [0.25, 0.3) is 16.9 Å². The summed E-state index contributed by atoms with van der Waals surface area (Å²) in [4.78, 5) is 28.5. The normalized spacial score (nSPS) is 14.4. The number of esters is 1. The summed E-state index contributed by atoms with van der Waals surface area (Å²) in [6, 6.07) is 17.6. The molecule has 8 heteroatoms. The van der Waals surface area contributed by atoms with Gasteiger partial charge in [-0.3, -0.25) is 14.5 Å². The summed E-state index contributed by atoms with van der Waals surface area (Å²) in [6.07, 6.45) is 3.31. The molecular weight excluding hydrogens is 452 g/mol. The first-order valence-corrected chi connectivity index (χ1v) is 11.8. The molecule has 1 amide bonds. The van der Waals surface area contributed by atoms with Crippen LogP contribution >= 0.6 is 11.6 Å². The minimum Gasteiger partial charge on any atom is -0.469 e. The summed E-state index contributed by atoms with van der Waals surface area (Å²) < 4.78 is 6.71. The molecule has 0 N–H and O–H groups in total. The largest absolute Gasteiger partial charge is 0.469 e. The monoisotopic (exact) mass is 480 g/mol. The summed E-state index contributed by atoms with van der Waals surface area (Å²) in [5, 5.41) is 5.52.